The zero-order chi connectivity index (χ0) is 14.2. The van der Waals surface area contributed by atoms with Gasteiger partial charge in [0.15, 0.2) is 0 Å². The summed E-state index contributed by atoms with van der Waals surface area (Å²) in [5.74, 6) is 0. The maximum Gasteiger partial charge on any atom is 0.242 e. The van der Waals surface area contributed by atoms with Gasteiger partial charge in [0.25, 0.3) is 0 Å². The third-order valence-electron chi connectivity index (χ3n) is 4.34. The Morgan fingerprint density at radius 3 is 2.55 bits per heavy atom. The molecule has 2 saturated carbocycles. The first kappa shape index (κ1) is 13.9. The summed E-state index contributed by atoms with van der Waals surface area (Å²) in [7, 11) is -3.40. The number of anilines is 1. The number of benzene rings is 1. The highest BCUT2D eigenvalue weighted by Gasteiger charge is 2.32. The van der Waals surface area contributed by atoms with Crippen molar-refractivity contribution in [2.24, 2.45) is 5.41 Å². The number of hydrogen-bond acceptors (Lipinski definition) is 3. The fourth-order valence-electron chi connectivity index (χ4n) is 2.60. The third kappa shape index (κ3) is 2.99. The van der Waals surface area contributed by atoms with Crippen molar-refractivity contribution < 1.29 is 8.42 Å². The fourth-order valence-corrected chi connectivity index (χ4v) is 4.09. The predicted octanol–water partition coefficient (Wildman–Crippen LogP) is 2.73. The van der Waals surface area contributed by atoms with Gasteiger partial charge in [-0.1, -0.05) is 25.5 Å². The van der Waals surface area contributed by atoms with E-state index in [9.17, 15) is 8.42 Å². The largest absolute Gasteiger partial charge is 0.383 e. The molecule has 0 spiro atoms. The minimum atomic E-state index is -3.40. The van der Waals surface area contributed by atoms with E-state index in [1.807, 2.05) is 12.1 Å². The van der Waals surface area contributed by atoms with Crippen molar-refractivity contribution >= 4 is 15.7 Å². The van der Waals surface area contributed by atoms with Crippen molar-refractivity contribution in [1.29, 1.82) is 0 Å². The predicted molar refractivity (Wildman–Crippen MR) is 80.2 cm³/mol. The van der Waals surface area contributed by atoms with Crippen LogP contribution in [-0.2, 0) is 10.0 Å². The maximum atomic E-state index is 12.4. The average Bonchev–Trinajstić information content (AvgIpc) is 3.17. The summed E-state index contributed by atoms with van der Waals surface area (Å²) in [5.41, 5.74) is 1.04. The van der Waals surface area contributed by atoms with Gasteiger partial charge in [-0.15, -0.1) is 0 Å². The zero-order valence-electron chi connectivity index (χ0n) is 11.9. The van der Waals surface area contributed by atoms with Gasteiger partial charge in [-0.3, -0.25) is 0 Å². The van der Waals surface area contributed by atoms with E-state index in [-0.39, 0.29) is 6.04 Å². The van der Waals surface area contributed by atoms with E-state index in [0.717, 1.165) is 19.4 Å². The molecule has 110 valence electrons. The molecule has 0 heterocycles. The van der Waals surface area contributed by atoms with Crippen molar-refractivity contribution in [3.63, 3.8) is 0 Å². The van der Waals surface area contributed by atoms with Crippen molar-refractivity contribution in [3.8, 4) is 0 Å². The van der Waals surface area contributed by atoms with Gasteiger partial charge in [0.1, 0.15) is 4.90 Å². The number of para-hydroxylation sites is 1. The number of rotatable bonds is 6. The van der Waals surface area contributed by atoms with E-state index in [2.05, 4.69) is 17.0 Å². The molecular formula is C15H22N2O2S. The summed E-state index contributed by atoms with van der Waals surface area (Å²) in [6.45, 7) is 3.09. The van der Waals surface area contributed by atoms with Crippen molar-refractivity contribution in [3.05, 3.63) is 24.3 Å². The first-order valence-corrected chi connectivity index (χ1v) is 8.82. The Morgan fingerprint density at radius 2 is 1.95 bits per heavy atom. The van der Waals surface area contributed by atoms with Crippen LogP contribution < -0.4 is 10.0 Å². The summed E-state index contributed by atoms with van der Waals surface area (Å²) in [4.78, 5) is 0.370. The highest BCUT2D eigenvalue weighted by molar-refractivity contribution is 7.89. The Hall–Kier alpha value is -1.07. The highest BCUT2D eigenvalue weighted by atomic mass is 32.2. The first-order valence-electron chi connectivity index (χ1n) is 7.34. The molecule has 0 amide bonds. The van der Waals surface area contributed by atoms with Gasteiger partial charge in [0.05, 0.1) is 5.69 Å². The van der Waals surface area contributed by atoms with Gasteiger partial charge in [0, 0.05) is 12.6 Å². The Kier molecular flexibility index (Phi) is 3.50. The fraction of sp³-hybridized carbons (Fsp3) is 0.600. The quantitative estimate of drug-likeness (QED) is 0.848. The van der Waals surface area contributed by atoms with Crippen LogP contribution in [0.1, 0.15) is 39.0 Å². The molecule has 0 unspecified atom stereocenters. The molecule has 0 atom stereocenters. The minimum Gasteiger partial charge on any atom is -0.383 e. The molecule has 4 nitrogen and oxygen atoms in total. The molecule has 2 aliphatic carbocycles. The molecule has 2 aliphatic rings. The molecule has 0 aromatic heterocycles. The van der Waals surface area contributed by atoms with E-state index in [4.69, 9.17) is 0 Å². The van der Waals surface area contributed by atoms with Gasteiger partial charge in [-0.05, 0) is 43.2 Å². The van der Waals surface area contributed by atoms with Crippen LogP contribution in [0.2, 0.25) is 0 Å². The lowest BCUT2D eigenvalue weighted by molar-refractivity contribution is 0.180. The molecule has 0 bridgehead atoms. The molecule has 0 aliphatic heterocycles. The van der Waals surface area contributed by atoms with E-state index in [1.165, 1.54) is 19.3 Å². The Morgan fingerprint density at radius 1 is 1.25 bits per heavy atom. The van der Waals surface area contributed by atoms with E-state index < -0.39 is 10.0 Å². The molecule has 1 aromatic rings. The molecule has 0 radical (unpaired) electrons. The van der Waals surface area contributed by atoms with Crippen molar-refractivity contribution in [2.45, 2.75) is 50.0 Å². The summed E-state index contributed by atoms with van der Waals surface area (Å²) >= 11 is 0. The monoisotopic (exact) mass is 294 g/mol. The molecule has 2 N–H and O–H groups in total. The van der Waals surface area contributed by atoms with Crippen LogP contribution in [0.3, 0.4) is 0 Å². The van der Waals surface area contributed by atoms with Crippen LogP contribution >= 0.6 is 0 Å². The van der Waals surface area contributed by atoms with E-state index >= 15 is 0 Å². The second-order valence-corrected chi connectivity index (χ2v) is 8.09. The minimum absolute atomic E-state index is 0.136. The molecule has 1 aromatic carbocycles. The molecule has 0 saturated heterocycles. The van der Waals surface area contributed by atoms with E-state index in [0.29, 0.717) is 16.0 Å². The second-order valence-electron chi connectivity index (χ2n) is 6.41. The normalized spacial score (nSPS) is 21.2. The van der Waals surface area contributed by atoms with Gasteiger partial charge in [-0.25, -0.2) is 13.1 Å². The molecule has 2 fully saturated rings. The van der Waals surface area contributed by atoms with Gasteiger partial charge < -0.3 is 5.32 Å². The smallest absolute Gasteiger partial charge is 0.242 e. The maximum absolute atomic E-state index is 12.4. The second kappa shape index (κ2) is 5.04. The number of nitrogens with one attached hydrogen (secondary N) is 2. The van der Waals surface area contributed by atoms with Crippen LogP contribution in [0.25, 0.3) is 0 Å². The van der Waals surface area contributed by atoms with Crippen LogP contribution in [0.15, 0.2) is 29.2 Å². The SMILES string of the molecule is CC1(CNc2ccccc2S(=O)(=O)NC2CC2)CCC1. The van der Waals surface area contributed by atoms with Crippen molar-refractivity contribution in [2.75, 3.05) is 11.9 Å². The lowest BCUT2D eigenvalue weighted by atomic mass is 9.70. The Balaban J connectivity index is 1.76. The molecule has 5 heteroatoms. The topological polar surface area (TPSA) is 58.2 Å². The summed E-state index contributed by atoms with van der Waals surface area (Å²) in [5, 5.41) is 3.34. The van der Waals surface area contributed by atoms with Gasteiger partial charge >= 0.3 is 0 Å². The summed E-state index contributed by atoms with van der Waals surface area (Å²) < 4.78 is 27.5. The Bertz CT molecular complexity index is 590. The van der Waals surface area contributed by atoms with Crippen molar-refractivity contribution in [1.82, 2.24) is 4.72 Å². The average molecular weight is 294 g/mol. The molecule has 3 rings (SSSR count). The molecular weight excluding hydrogens is 272 g/mol. The number of sulfonamides is 1. The van der Waals surface area contributed by atoms with Crippen LogP contribution in [0, 0.1) is 5.41 Å². The highest BCUT2D eigenvalue weighted by Crippen LogP contribution is 2.40. The first-order chi connectivity index (χ1) is 9.49. The van der Waals surface area contributed by atoms with Crippen LogP contribution in [0.5, 0.6) is 0 Å². The number of hydrogen-bond donors (Lipinski definition) is 2. The summed E-state index contributed by atoms with van der Waals surface area (Å²) in [6.07, 6.45) is 5.62. The van der Waals surface area contributed by atoms with Gasteiger partial charge in [0.2, 0.25) is 10.0 Å². The van der Waals surface area contributed by atoms with Crippen LogP contribution in [0.4, 0.5) is 5.69 Å². The summed E-state index contributed by atoms with van der Waals surface area (Å²) in [6, 6.07) is 7.32. The lowest BCUT2D eigenvalue weighted by Gasteiger charge is -2.38. The van der Waals surface area contributed by atoms with Crippen LogP contribution in [-0.4, -0.2) is 21.0 Å². The molecule has 20 heavy (non-hydrogen) atoms. The van der Waals surface area contributed by atoms with E-state index in [1.54, 1.807) is 12.1 Å². The standard InChI is InChI=1S/C15H22N2O2S/c1-15(9-4-10-15)11-16-13-5-2-3-6-14(13)20(18,19)17-12-7-8-12/h2-3,5-6,12,16-17H,4,7-11H2,1H3. The third-order valence-corrected chi connectivity index (χ3v) is 5.92. The lowest BCUT2D eigenvalue weighted by Crippen LogP contribution is -2.34. The van der Waals surface area contributed by atoms with Gasteiger partial charge in [-0.2, -0.15) is 0 Å². The Labute approximate surface area is 121 Å². The zero-order valence-corrected chi connectivity index (χ0v) is 12.7.